The van der Waals surface area contributed by atoms with E-state index >= 15 is 0 Å². The van der Waals surface area contributed by atoms with Crippen LogP contribution in [0, 0.1) is 5.82 Å². The van der Waals surface area contributed by atoms with Gasteiger partial charge in [0.15, 0.2) is 0 Å². The average Bonchev–Trinajstić information content (AvgIpc) is 2.73. The standard InChI is InChI=1S/C23H30FN3OSi/c1-4-21(26-15-13-25(14-16-26)18-9-6-5-7-10-18)27-17-29(2,3)20-12-8-11-19(24)22(20)23(27)28/h5-12,21H,4,13-17H2,1-3H3. The molecule has 6 heteroatoms. The summed E-state index contributed by atoms with van der Waals surface area (Å²) in [6.45, 7) is 10.3. The monoisotopic (exact) mass is 411 g/mol. The Kier molecular flexibility index (Phi) is 5.49. The van der Waals surface area contributed by atoms with Crippen LogP contribution in [0.1, 0.15) is 23.7 Å². The van der Waals surface area contributed by atoms with Crippen molar-refractivity contribution in [2.75, 3.05) is 37.2 Å². The Morgan fingerprint density at radius 1 is 1.00 bits per heavy atom. The minimum Gasteiger partial charge on any atom is -0.369 e. The van der Waals surface area contributed by atoms with Crippen molar-refractivity contribution < 1.29 is 9.18 Å². The van der Waals surface area contributed by atoms with Crippen LogP contribution in [-0.2, 0) is 0 Å². The smallest absolute Gasteiger partial charge is 0.257 e. The van der Waals surface area contributed by atoms with Crippen LogP contribution in [0.4, 0.5) is 10.1 Å². The third kappa shape index (κ3) is 3.71. The van der Waals surface area contributed by atoms with Crippen molar-refractivity contribution in [2.24, 2.45) is 0 Å². The normalized spacial score (nSPS) is 20.5. The Labute approximate surface area is 173 Å². The number of rotatable bonds is 4. The lowest BCUT2D eigenvalue weighted by Gasteiger charge is -2.48. The Morgan fingerprint density at radius 2 is 1.69 bits per heavy atom. The summed E-state index contributed by atoms with van der Waals surface area (Å²) in [7, 11) is -1.93. The molecule has 154 valence electrons. The van der Waals surface area contributed by atoms with Gasteiger partial charge in [0.1, 0.15) is 13.9 Å². The van der Waals surface area contributed by atoms with Gasteiger partial charge in [-0.1, -0.05) is 50.3 Å². The molecule has 0 radical (unpaired) electrons. The lowest BCUT2D eigenvalue weighted by Crippen LogP contribution is -2.66. The summed E-state index contributed by atoms with van der Waals surface area (Å²) in [6.07, 6.45) is 1.63. The van der Waals surface area contributed by atoms with Crippen molar-refractivity contribution in [2.45, 2.75) is 32.6 Å². The second kappa shape index (κ2) is 7.92. The molecular weight excluding hydrogens is 381 g/mol. The van der Waals surface area contributed by atoms with E-state index in [2.05, 4.69) is 54.1 Å². The molecule has 0 saturated carbocycles. The Morgan fingerprint density at radius 3 is 2.34 bits per heavy atom. The summed E-state index contributed by atoms with van der Waals surface area (Å²) in [5.74, 6) is -0.510. The summed E-state index contributed by atoms with van der Waals surface area (Å²) in [4.78, 5) is 20.1. The fourth-order valence-electron chi connectivity index (χ4n) is 4.87. The van der Waals surface area contributed by atoms with Gasteiger partial charge in [-0.3, -0.25) is 9.69 Å². The summed E-state index contributed by atoms with van der Waals surface area (Å²) >= 11 is 0. The number of hydrogen-bond acceptors (Lipinski definition) is 3. The molecule has 2 aliphatic heterocycles. The number of para-hydroxylation sites is 1. The number of hydrogen-bond donors (Lipinski definition) is 0. The molecule has 4 rings (SSSR count). The van der Waals surface area contributed by atoms with Gasteiger partial charge >= 0.3 is 0 Å². The maximum atomic E-state index is 14.6. The van der Waals surface area contributed by atoms with Crippen LogP contribution in [0.15, 0.2) is 48.5 Å². The summed E-state index contributed by atoms with van der Waals surface area (Å²) in [5.41, 5.74) is 1.57. The van der Waals surface area contributed by atoms with Crippen molar-refractivity contribution >= 4 is 24.9 Å². The number of nitrogens with zero attached hydrogens (tertiary/aromatic N) is 3. The molecule has 0 bridgehead atoms. The van der Waals surface area contributed by atoms with Gasteiger partial charge in [0.05, 0.1) is 11.7 Å². The number of anilines is 1. The lowest BCUT2D eigenvalue weighted by molar-refractivity contribution is 0.0322. The molecule has 2 aliphatic rings. The zero-order valence-corrected chi connectivity index (χ0v) is 18.6. The first kappa shape index (κ1) is 20.1. The highest BCUT2D eigenvalue weighted by molar-refractivity contribution is 6.91. The van der Waals surface area contributed by atoms with Crippen LogP contribution in [0.2, 0.25) is 13.1 Å². The van der Waals surface area contributed by atoms with E-state index in [0.29, 0.717) is 5.56 Å². The molecule has 0 aromatic heterocycles. The first-order chi connectivity index (χ1) is 13.9. The van der Waals surface area contributed by atoms with Gasteiger partial charge in [-0.2, -0.15) is 0 Å². The van der Waals surface area contributed by atoms with E-state index in [0.717, 1.165) is 44.0 Å². The molecule has 1 atom stereocenters. The summed E-state index contributed by atoms with van der Waals surface area (Å²) in [6, 6.07) is 15.6. The number of amides is 1. The largest absolute Gasteiger partial charge is 0.369 e. The highest BCUT2D eigenvalue weighted by atomic mass is 28.3. The van der Waals surface area contributed by atoms with Crippen molar-refractivity contribution in [3.05, 3.63) is 59.9 Å². The number of piperazine rings is 1. The molecule has 2 aromatic rings. The van der Waals surface area contributed by atoms with E-state index in [1.165, 1.54) is 11.8 Å². The molecule has 0 spiro atoms. The Bertz CT molecular complexity index is 881. The van der Waals surface area contributed by atoms with Gasteiger partial charge in [-0.15, -0.1) is 0 Å². The highest BCUT2D eigenvalue weighted by Crippen LogP contribution is 2.26. The van der Waals surface area contributed by atoms with Crippen LogP contribution < -0.4 is 10.1 Å². The molecule has 1 amide bonds. The van der Waals surface area contributed by atoms with Crippen LogP contribution in [0.5, 0.6) is 0 Å². The summed E-state index contributed by atoms with van der Waals surface area (Å²) in [5, 5.41) is 0.961. The number of carbonyl (C=O) groups is 1. The van der Waals surface area contributed by atoms with Crippen LogP contribution in [0.25, 0.3) is 0 Å². The van der Waals surface area contributed by atoms with E-state index < -0.39 is 8.07 Å². The fraction of sp³-hybridized carbons (Fsp3) is 0.435. The fourth-order valence-corrected chi connectivity index (χ4v) is 7.69. The van der Waals surface area contributed by atoms with Crippen molar-refractivity contribution in [1.82, 2.24) is 9.80 Å². The predicted molar refractivity (Wildman–Crippen MR) is 119 cm³/mol. The van der Waals surface area contributed by atoms with Crippen LogP contribution >= 0.6 is 0 Å². The number of fused-ring (bicyclic) bond motifs is 1. The first-order valence-corrected chi connectivity index (χ1v) is 13.8. The molecule has 0 aliphatic carbocycles. The summed E-state index contributed by atoms with van der Waals surface area (Å²) < 4.78 is 14.6. The third-order valence-corrected chi connectivity index (χ3v) is 9.37. The van der Waals surface area contributed by atoms with E-state index in [4.69, 9.17) is 0 Å². The molecule has 0 N–H and O–H groups in total. The van der Waals surface area contributed by atoms with Crippen LogP contribution in [-0.4, -0.2) is 62.3 Å². The van der Waals surface area contributed by atoms with Crippen molar-refractivity contribution in [3.63, 3.8) is 0 Å². The molecule has 2 heterocycles. The minimum atomic E-state index is -1.93. The molecule has 1 saturated heterocycles. The SMILES string of the molecule is CCC(N1CCN(c2ccccc2)CC1)N1C[Si](C)(C)c2cccc(F)c2C1=O. The number of carbonyl (C=O) groups excluding carboxylic acids is 1. The second-order valence-electron chi connectivity index (χ2n) is 8.73. The van der Waals surface area contributed by atoms with E-state index in [1.807, 2.05) is 17.0 Å². The average molecular weight is 412 g/mol. The molecule has 1 unspecified atom stereocenters. The number of halogens is 1. The zero-order chi connectivity index (χ0) is 20.6. The lowest BCUT2D eigenvalue weighted by atomic mass is 10.1. The molecule has 2 aromatic carbocycles. The van der Waals surface area contributed by atoms with E-state index in [1.54, 1.807) is 6.07 Å². The van der Waals surface area contributed by atoms with E-state index in [-0.39, 0.29) is 17.9 Å². The maximum absolute atomic E-state index is 14.6. The van der Waals surface area contributed by atoms with Gasteiger partial charge < -0.3 is 9.80 Å². The van der Waals surface area contributed by atoms with Crippen molar-refractivity contribution in [1.29, 1.82) is 0 Å². The van der Waals surface area contributed by atoms with Gasteiger partial charge in [-0.25, -0.2) is 4.39 Å². The van der Waals surface area contributed by atoms with Gasteiger partial charge in [0.25, 0.3) is 5.91 Å². The topological polar surface area (TPSA) is 26.8 Å². The van der Waals surface area contributed by atoms with E-state index in [9.17, 15) is 9.18 Å². The molecule has 4 nitrogen and oxygen atoms in total. The van der Waals surface area contributed by atoms with Crippen molar-refractivity contribution in [3.8, 4) is 0 Å². The minimum absolute atomic E-state index is 0.0277. The Hall–Kier alpha value is -2.18. The molecule has 29 heavy (non-hydrogen) atoms. The molecule has 1 fully saturated rings. The van der Waals surface area contributed by atoms with Gasteiger partial charge in [-0.05, 0) is 29.8 Å². The maximum Gasteiger partial charge on any atom is 0.257 e. The zero-order valence-electron chi connectivity index (χ0n) is 17.6. The predicted octanol–water partition coefficient (Wildman–Crippen LogP) is 3.29. The second-order valence-corrected chi connectivity index (χ2v) is 13.3. The van der Waals surface area contributed by atoms with Gasteiger partial charge in [0, 0.05) is 38.0 Å². The number of benzene rings is 2. The Balaban J connectivity index is 1.54. The quantitative estimate of drug-likeness (QED) is 0.723. The van der Waals surface area contributed by atoms with Gasteiger partial charge in [0.2, 0.25) is 0 Å². The molecular formula is C23H30FN3OSi. The first-order valence-electron chi connectivity index (χ1n) is 10.6. The highest BCUT2D eigenvalue weighted by Gasteiger charge is 2.43. The van der Waals surface area contributed by atoms with Crippen LogP contribution in [0.3, 0.4) is 0 Å². The third-order valence-electron chi connectivity index (χ3n) is 6.37.